The van der Waals surface area contributed by atoms with Gasteiger partial charge in [-0.1, -0.05) is 30.3 Å². The van der Waals surface area contributed by atoms with Crippen molar-refractivity contribution in [3.05, 3.63) is 82.9 Å². The highest BCUT2D eigenvalue weighted by Crippen LogP contribution is 2.29. The molecule has 178 valence electrons. The number of carbonyl (C=O) groups is 2. The maximum Gasteiger partial charge on any atom is 0.268 e. The van der Waals surface area contributed by atoms with Crippen molar-refractivity contribution >= 4 is 50.3 Å². The third-order valence-electron chi connectivity index (χ3n) is 6.31. The van der Waals surface area contributed by atoms with Crippen molar-refractivity contribution in [2.45, 2.75) is 6.42 Å². The lowest BCUT2D eigenvalue weighted by Crippen LogP contribution is -2.44. The third-order valence-corrected chi connectivity index (χ3v) is 7.28. The molecule has 7 nitrogen and oxygen atoms in total. The van der Waals surface area contributed by atoms with Gasteiger partial charge < -0.3 is 20.9 Å². The van der Waals surface area contributed by atoms with Crippen molar-refractivity contribution < 1.29 is 9.59 Å². The zero-order valence-corrected chi connectivity index (χ0v) is 20.3. The van der Waals surface area contributed by atoms with E-state index >= 15 is 0 Å². The number of carbonyl (C=O) groups excluding carboxylic acids is 2. The molecule has 4 aromatic rings. The number of thiazole rings is 1. The van der Waals surface area contributed by atoms with Crippen LogP contribution in [-0.4, -0.2) is 54.8 Å². The molecular weight excluding hydrogens is 458 g/mol. The lowest BCUT2D eigenvalue weighted by Gasteiger charge is -2.34. The summed E-state index contributed by atoms with van der Waals surface area (Å²) in [4.78, 5) is 34.6. The second kappa shape index (κ2) is 9.85. The Balaban J connectivity index is 1.31. The Labute approximate surface area is 208 Å². The minimum Gasteiger partial charge on any atom is -0.369 e. The van der Waals surface area contributed by atoms with Gasteiger partial charge in [0.25, 0.3) is 5.91 Å². The fourth-order valence-electron chi connectivity index (χ4n) is 4.28. The zero-order chi connectivity index (χ0) is 24.4. The van der Waals surface area contributed by atoms with Crippen molar-refractivity contribution in [2.75, 3.05) is 43.4 Å². The molecule has 1 fully saturated rings. The highest BCUT2D eigenvalue weighted by Gasteiger charge is 2.20. The number of nitrogens with two attached hydrogens (primary N) is 1. The molecule has 0 aliphatic carbocycles. The number of benzene rings is 3. The predicted octanol–water partition coefficient (Wildman–Crippen LogP) is 4.32. The molecule has 3 aromatic carbocycles. The first-order valence-electron chi connectivity index (χ1n) is 11.6. The summed E-state index contributed by atoms with van der Waals surface area (Å²) >= 11 is 1.28. The SMILES string of the molecule is CN1CCN(c2ccc(C(=O)Cc3sc(Nc4ccc5ccccc5c4)nc3C(N)=O)cc2)CC1. The van der Waals surface area contributed by atoms with E-state index in [1.807, 2.05) is 60.7 Å². The number of nitrogens with one attached hydrogen (secondary N) is 1. The molecule has 1 saturated heterocycles. The summed E-state index contributed by atoms with van der Waals surface area (Å²) in [5, 5.41) is 6.02. The van der Waals surface area contributed by atoms with E-state index < -0.39 is 5.91 Å². The van der Waals surface area contributed by atoms with Crippen LogP contribution in [0, 0.1) is 0 Å². The van der Waals surface area contributed by atoms with E-state index in [0.29, 0.717) is 15.6 Å². The number of hydrogen-bond acceptors (Lipinski definition) is 7. The lowest BCUT2D eigenvalue weighted by molar-refractivity contribution is 0.0991. The molecule has 8 heteroatoms. The maximum atomic E-state index is 13.0. The number of piperazine rings is 1. The number of amides is 1. The molecule has 0 saturated carbocycles. The summed E-state index contributed by atoms with van der Waals surface area (Å²) in [5.41, 5.74) is 8.30. The summed E-state index contributed by atoms with van der Waals surface area (Å²) in [7, 11) is 2.13. The molecular formula is C27H27N5O2S. The third kappa shape index (κ3) is 5.18. The monoisotopic (exact) mass is 485 g/mol. The predicted molar refractivity (Wildman–Crippen MR) is 142 cm³/mol. The zero-order valence-electron chi connectivity index (χ0n) is 19.5. The first-order valence-corrected chi connectivity index (χ1v) is 12.4. The summed E-state index contributed by atoms with van der Waals surface area (Å²) in [6.07, 6.45) is 0.0726. The van der Waals surface area contributed by atoms with Crippen molar-refractivity contribution in [1.29, 1.82) is 0 Å². The van der Waals surface area contributed by atoms with E-state index in [1.165, 1.54) is 11.3 Å². The Morgan fingerprint density at radius 1 is 0.971 bits per heavy atom. The van der Waals surface area contributed by atoms with Crippen LogP contribution in [0.15, 0.2) is 66.7 Å². The van der Waals surface area contributed by atoms with Gasteiger partial charge in [0.15, 0.2) is 10.9 Å². The Bertz CT molecular complexity index is 1370. The topological polar surface area (TPSA) is 91.6 Å². The van der Waals surface area contributed by atoms with Gasteiger partial charge in [0.1, 0.15) is 5.69 Å². The second-order valence-electron chi connectivity index (χ2n) is 8.78. The Morgan fingerprint density at radius 3 is 2.40 bits per heavy atom. The average Bonchev–Trinajstić information content (AvgIpc) is 3.27. The lowest BCUT2D eigenvalue weighted by atomic mass is 10.1. The smallest absolute Gasteiger partial charge is 0.268 e. The van der Waals surface area contributed by atoms with Gasteiger partial charge >= 0.3 is 0 Å². The molecule has 2 heterocycles. The van der Waals surface area contributed by atoms with Crippen molar-refractivity contribution in [2.24, 2.45) is 5.73 Å². The quantitative estimate of drug-likeness (QED) is 0.379. The molecule has 1 amide bonds. The molecule has 0 atom stereocenters. The van der Waals surface area contributed by atoms with E-state index in [9.17, 15) is 9.59 Å². The standard InChI is InChI=1S/C27H27N5O2S/c1-31-12-14-32(15-13-31)22-10-7-19(8-11-22)23(33)17-24-25(26(28)34)30-27(35-24)29-21-9-6-18-4-2-3-5-20(18)16-21/h2-11,16H,12-15,17H2,1H3,(H2,28,34)(H,29,30). The van der Waals surface area contributed by atoms with Crippen LogP contribution >= 0.6 is 11.3 Å². The van der Waals surface area contributed by atoms with E-state index in [0.717, 1.165) is 48.3 Å². The number of likely N-dealkylation sites (N-methyl/N-ethyl adjacent to an activating group) is 1. The molecule has 1 aliphatic heterocycles. The fourth-order valence-corrected chi connectivity index (χ4v) is 5.26. The molecule has 0 bridgehead atoms. The Morgan fingerprint density at radius 2 is 1.69 bits per heavy atom. The molecule has 5 rings (SSSR count). The summed E-state index contributed by atoms with van der Waals surface area (Å²) in [6, 6.07) is 21.8. The van der Waals surface area contributed by atoms with Gasteiger partial charge in [0.2, 0.25) is 0 Å². The van der Waals surface area contributed by atoms with E-state index in [2.05, 4.69) is 33.2 Å². The number of anilines is 3. The highest BCUT2D eigenvalue weighted by molar-refractivity contribution is 7.16. The number of ketones is 1. The fraction of sp³-hybridized carbons (Fsp3) is 0.222. The number of aromatic nitrogens is 1. The second-order valence-corrected chi connectivity index (χ2v) is 9.86. The van der Waals surface area contributed by atoms with Gasteiger partial charge in [-0.15, -0.1) is 11.3 Å². The number of hydrogen-bond donors (Lipinski definition) is 2. The van der Waals surface area contributed by atoms with Crippen LogP contribution in [0.3, 0.4) is 0 Å². The van der Waals surface area contributed by atoms with Gasteiger partial charge in [-0.25, -0.2) is 4.98 Å². The van der Waals surface area contributed by atoms with Crippen molar-refractivity contribution in [3.63, 3.8) is 0 Å². The van der Waals surface area contributed by atoms with Crippen molar-refractivity contribution in [3.8, 4) is 0 Å². The molecule has 0 spiro atoms. The van der Waals surface area contributed by atoms with Gasteiger partial charge in [-0.05, 0) is 54.2 Å². The number of fused-ring (bicyclic) bond motifs is 1. The number of nitrogens with zero attached hydrogens (tertiary/aromatic N) is 3. The minimum absolute atomic E-state index is 0.0710. The normalized spacial score (nSPS) is 14.3. The molecule has 0 radical (unpaired) electrons. The summed E-state index contributed by atoms with van der Waals surface area (Å²) in [6.45, 7) is 3.99. The molecule has 35 heavy (non-hydrogen) atoms. The number of primary amides is 1. The molecule has 1 aliphatic rings. The molecule has 1 aromatic heterocycles. The van der Waals surface area contributed by atoms with Crippen LogP contribution in [0.5, 0.6) is 0 Å². The van der Waals surface area contributed by atoms with Crippen LogP contribution in [0.1, 0.15) is 25.7 Å². The number of rotatable bonds is 7. The minimum atomic E-state index is -0.638. The van der Waals surface area contributed by atoms with E-state index in [4.69, 9.17) is 5.73 Å². The largest absolute Gasteiger partial charge is 0.369 e. The first kappa shape index (κ1) is 23.0. The summed E-state index contributed by atoms with van der Waals surface area (Å²) < 4.78 is 0. The maximum absolute atomic E-state index is 13.0. The Kier molecular flexibility index (Phi) is 6.48. The van der Waals surface area contributed by atoms with Crippen LogP contribution < -0.4 is 16.0 Å². The molecule has 0 unspecified atom stereocenters. The van der Waals surface area contributed by atoms with Crippen LogP contribution in [0.4, 0.5) is 16.5 Å². The van der Waals surface area contributed by atoms with Crippen LogP contribution in [0.25, 0.3) is 10.8 Å². The number of Topliss-reactive ketones (excluding diaryl/α,β-unsaturated/α-hetero) is 1. The van der Waals surface area contributed by atoms with Gasteiger partial charge in [0, 0.05) is 54.4 Å². The molecule has 3 N–H and O–H groups in total. The van der Waals surface area contributed by atoms with Gasteiger partial charge in [-0.2, -0.15) is 0 Å². The van der Waals surface area contributed by atoms with Gasteiger partial charge in [0.05, 0.1) is 0 Å². The van der Waals surface area contributed by atoms with Crippen LogP contribution in [-0.2, 0) is 6.42 Å². The van der Waals surface area contributed by atoms with Crippen LogP contribution in [0.2, 0.25) is 0 Å². The van der Waals surface area contributed by atoms with E-state index in [-0.39, 0.29) is 17.9 Å². The summed E-state index contributed by atoms with van der Waals surface area (Å²) in [5.74, 6) is -0.709. The van der Waals surface area contributed by atoms with Gasteiger partial charge in [-0.3, -0.25) is 9.59 Å². The van der Waals surface area contributed by atoms with E-state index in [1.54, 1.807) is 0 Å². The highest BCUT2D eigenvalue weighted by atomic mass is 32.1. The average molecular weight is 486 g/mol. The van der Waals surface area contributed by atoms with Crippen molar-refractivity contribution in [1.82, 2.24) is 9.88 Å². The Hall–Kier alpha value is -3.75. The first-order chi connectivity index (χ1) is 17.0.